The van der Waals surface area contributed by atoms with Crippen LogP contribution in [0.3, 0.4) is 0 Å². The Hall–Kier alpha value is -0.860. The maximum absolute atomic E-state index is 3.10. The molecule has 2 aromatic carbocycles. The third-order valence-electron chi connectivity index (χ3n) is 1.45. The first-order valence-electron chi connectivity index (χ1n) is 4.06. The summed E-state index contributed by atoms with van der Waals surface area (Å²) in [7, 11) is 3.23. The quantitative estimate of drug-likeness (QED) is 0.715. The molecule has 2 heteroatoms. The maximum Gasteiger partial charge on any atom is 0.0344 e. The van der Waals surface area contributed by atoms with Gasteiger partial charge in [0.1, 0.15) is 0 Å². The summed E-state index contributed by atoms with van der Waals surface area (Å²) in [5.74, 6) is 0. The number of rotatable bonds is 3. The molecule has 0 aliphatic heterocycles. The van der Waals surface area contributed by atoms with Crippen LogP contribution in [0.5, 0.6) is 0 Å². The largest absolute Gasteiger partial charge is 0.0610 e. The van der Waals surface area contributed by atoms with Crippen LogP contribution in [-0.4, -0.2) is 0 Å². The van der Waals surface area contributed by atoms with Crippen molar-refractivity contribution in [2.45, 2.75) is 9.79 Å². The molecule has 0 aliphatic carbocycles. The van der Waals surface area contributed by atoms with Gasteiger partial charge in [0.2, 0.25) is 0 Å². The van der Waals surface area contributed by atoms with E-state index in [9.17, 15) is 0 Å². The predicted octanol–water partition coefficient (Wildman–Crippen LogP) is 3.69. The van der Waals surface area contributed by atoms with E-state index in [1.807, 2.05) is 36.4 Å². The minimum absolute atomic E-state index is 1.00. The van der Waals surface area contributed by atoms with Gasteiger partial charge in [0, 0.05) is 9.79 Å². The van der Waals surface area contributed by atoms with Crippen LogP contribution in [-0.2, 0) is 0 Å². The van der Waals surface area contributed by atoms with E-state index in [2.05, 4.69) is 24.3 Å². The van der Waals surface area contributed by atoms with Crippen LogP contribution in [0.2, 0.25) is 0 Å². The predicted molar refractivity (Wildman–Crippen MR) is 59.9 cm³/mol. The van der Waals surface area contributed by atoms with Crippen molar-refractivity contribution >= 4 is 21.6 Å². The maximum atomic E-state index is 3.10. The Morgan fingerprint density at radius 2 is 1.00 bits per heavy atom. The molecule has 0 atom stereocenters. The van der Waals surface area contributed by atoms with Crippen molar-refractivity contribution in [1.82, 2.24) is 0 Å². The van der Waals surface area contributed by atoms with Crippen LogP contribution in [0.1, 0.15) is 0 Å². The molecular weight excluding hydrogens is 208 g/mol. The summed E-state index contributed by atoms with van der Waals surface area (Å²) in [5, 5.41) is 0. The van der Waals surface area contributed by atoms with E-state index in [1.165, 1.54) is 0 Å². The van der Waals surface area contributed by atoms with Crippen molar-refractivity contribution in [3.05, 3.63) is 60.7 Å². The Bertz CT molecular complexity index is 331. The molecule has 0 heterocycles. The summed E-state index contributed by atoms with van der Waals surface area (Å²) in [6.45, 7) is 0. The van der Waals surface area contributed by atoms with Gasteiger partial charge < -0.3 is 0 Å². The molecule has 0 nitrogen and oxygen atoms in total. The highest BCUT2D eigenvalue weighted by atomic mass is 33.1. The SMILES string of the molecule is [c]1ccc[c]c1SSc1[c]ccc[c]1. The molecule has 0 fully saturated rings. The molecule has 0 spiro atoms. The lowest BCUT2D eigenvalue weighted by molar-refractivity contribution is 1.43. The summed E-state index contributed by atoms with van der Waals surface area (Å²) < 4.78 is 0. The second-order valence-electron chi connectivity index (χ2n) is 2.45. The fourth-order valence-corrected chi connectivity index (χ4v) is 2.56. The Labute approximate surface area is 92.1 Å². The van der Waals surface area contributed by atoms with Gasteiger partial charge in [-0.3, -0.25) is 0 Å². The second-order valence-corrected chi connectivity index (χ2v) is 4.60. The third-order valence-corrected chi connectivity index (χ3v) is 3.59. The highest BCUT2D eigenvalue weighted by molar-refractivity contribution is 8.76. The molecular formula is C12H6S2. The van der Waals surface area contributed by atoms with Gasteiger partial charge in [0.15, 0.2) is 0 Å². The molecule has 0 saturated heterocycles. The van der Waals surface area contributed by atoms with Crippen molar-refractivity contribution in [3.63, 3.8) is 0 Å². The molecule has 0 unspecified atom stereocenters. The highest BCUT2D eigenvalue weighted by Crippen LogP contribution is 2.35. The Morgan fingerprint density at radius 3 is 1.36 bits per heavy atom. The molecule has 14 heavy (non-hydrogen) atoms. The van der Waals surface area contributed by atoms with Crippen molar-refractivity contribution in [2.24, 2.45) is 0 Å². The zero-order chi connectivity index (χ0) is 9.64. The zero-order valence-corrected chi connectivity index (χ0v) is 8.91. The van der Waals surface area contributed by atoms with E-state index < -0.39 is 0 Å². The summed E-state index contributed by atoms with van der Waals surface area (Å²) in [5.41, 5.74) is 0. The van der Waals surface area contributed by atoms with Gasteiger partial charge in [0.25, 0.3) is 0 Å². The van der Waals surface area contributed by atoms with Crippen molar-refractivity contribution < 1.29 is 0 Å². The Kier molecular flexibility index (Phi) is 3.55. The smallest absolute Gasteiger partial charge is 0.0344 e. The minimum atomic E-state index is 1.00. The number of hydrogen-bond acceptors (Lipinski definition) is 2. The fraction of sp³-hybridized carbons (Fsp3) is 0. The fourth-order valence-electron chi connectivity index (χ4n) is 0.854. The minimum Gasteiger partial charge on any atom is -0.0610 e. The number of hydrogen-bond donors (Lipinski definition) is 0. The number of benzene rings is 2. The lowest BCUT2D eigenvalue weighted by Gasteiger charge is -1.98. The molecule has 2 rings (SSSR count). The van der Waals surface area contributed by atoms with Crippen molar-refractivity contribution in [1.29, 1.82) is 0 Å². The van der Waals surface area contributed by atoms with E-state index in [0.717, 1.165) is 9.79 Å². The first-order chi connectivity index (χ1) is 6.95. The van der Waals surface area contributed by atoms with Crippen LogP contribution in [0.25, 0.3) is 0 Å². The van der Waals surface area contributed by atoms with E-state index in [1.54, 1.807) is 21.6 Å². The first kappa shape index (κ1) is 9.69. The third kappa shape index (κ3) is 2.82. The lowest BCUT2D eigenvalue weighted by Crippen LogP contribution is -1.69. The van der Waals surface area contributed by atoms with Gasteiger partial charge in [-0.05, 0) is 24.3 Å². The summed E-state index contributed by atoms with van der Waals surface area (Å²) in [6, 6.07) is 23.8. The Balaban J connectivity index is 1.96. The van der Waals surface area contributed by atoms with Crippen LogP contribution in [0.15, 0.2) is 46.2 Å². The van der Waals surface area contributed by atoms with Gasteiger partial charge in [-0.15, -0.1) is 0 Å². The molecule has 0 aliphatic rings. The second kappa shape index (κ2) is 5.13. The summed E-state index contributed by atoms with van der Waals surface area (Å²) in [4.78, 5) is 2.01. The van der Waals surface area contributed by atoms with Crippen molar-refractivity contribution in [3.8, 4) is 0 Å². The molecule has 4 radical (unpaired) electrons. The highest BCUT2D eigenvalue weighted by Gasteiger charge is 1.96. The summed E-state index contributed by atoms with van der Waals surface area (Å²) in [6.07, 6.45) is 0. The van der Waals surface area contributed by atoms with Gasteiger partial charge in [0.05, 0.1) is 0 Å². The first-order valence-corrected chi connectivity index (χ1v) is 6.21. The van der Waals surface area contributed by atoms with Gasteiger partial charge in [-0.2, -0.15) is 0 Å². The lowest BCUT2D eigenvalue weighted by atomic mass is 10.4. The molecule has 2 aromatic rings. The van der Waals surface area contributed by atoms with E-state index in [0.29, 0.717) is 0 Å². The van der Waals surface area contributed by atoms with E-state index >= 15 is 0 Å². The average molecular weight is 214 g/mol. The molecule has 0 saturated carbocycles. The van der Waals surface area contributed by atoms with Gasteiger partial charge in [-0.1, -0.05) is 58.0 Å². The van der Waals surface area contributed by atoms with Crippen LogP contribution in [0, 0.1) is 24.3 Å². The summed E-state index contributed by atoms with van der Waals surface area (Å²) >= 11 is 0. The van der Waals surface area contributed by atoms with E-state index in [-0.39, 0.29) is 0 Å². The van der Waals surface area contributed by atoms with Crippen LogP contribution < -0.4 is 0 Å². The van der Waals surface area contributed by atoms with Crippen LogP contribution >= 0.6 is 21.6 Å². The monoisotopic (exact) mass is 214 g/mol. The molecule has 0 aromatic heterocycles. The van der Waals surface area contributed by atoms with Gasteiger partial charge in [-0.25, -0.2) is 0 Å². The molecule has 0 amide bonds. The van der Waals surface area contributed by atoms with Crippen molar-refractivity contribution in [2.75, 3.05) is 0 Å². The van der Waals surface area contributed by atoms with Gasteiger partial charge >= 0.3 is 0 Å². The Morgan fingerprint density at radius 1 is 0.643 bits per heavy atom. The molecule has 0 N–H and O–H groups in total. The molecule has 0 bridgehead atoms. The normalized spacial score (nSPS) is 10.0. The molecule has 66 valence electrons. The van der Waals surface area contributed by atoms with Crippen LogP contribution in [0.4, 0.5) is 0 Å². The average Bonchev–Trinajstić information content (AvgIpc) is 2.29. The van der Waals surface area contributed by atoms with E-state index in [4.69, 9.17) is 0 Å². The standard InChI is InChI=1S/C12H6S2/c1-3-7-11(8-4-1)13-14-12-9-5-2-6-10-12/h1-6H. The zero-order valence-electron chi connectivity index (χ0n) is 7.28. The topological polar surface area (TPSA) is 0 Å².